The molecule has 0 unspecified atom stereocenters. The lowest BCUT2D eigenvalue weighted by Gasteiger charge is -2.11. The molecule has 1 heterocycles. The number of aryl methyl sites for hydroxylation is 1. The Bertz CT molecular complexity index is 948. The summed E-state index contributed by atoms with van der Waals surface area (Å²) in [4.78, 5) is 0. The number of aromatic nitrogens is 3. The average Bonchev–Trinajstić information content (AvgIpc) is 3.05. The van der Waals surface area contributed by atoms with Crippen LogP contribution >= 0.6 is 12.2 Å². The minimum absolute atomic E-state index is 0.463. The summed E-state index contributed by atoms with van der Waals surface area (Å²) >= 11 is 5.20. The first-order valence-corrected chi connectivity index (χ1v) is 8.67. The van der Waals surface area contributed by atoms with Crippen LogP contribution in [0, 0.1) is 4.77 Å². The molecule has 1 aromatic heterocycles. The van der Waals surface area contributed by atoms with Gasteiger partial charge in [-0.05, 0) is 41.5 Å². The summed E-state index contributed by atoms with van der Waals surface area (Å²) < 4.78 is 13.4. The quantitative estimate of drug-likeness (QED) is 0.506. The van der Waals surface area contributed by atoms with Crippen molar-refractivity contribution in [1.82, 2.24) is 14.9 Å². The number of ether oxygens (including phenoxy) is 2. The number of aromatic amines is 1. The first-order chi connectivity index (χ1) is 12.7. The van der Waals surface area contributed by atoms with Crippen LogP contribution in [-0.2, 0) is 13.0 Å². The van der Waals surface area contributed by atoms with Gasteiger partial charge in [-0.2, -0.15) is 14.9 Å². The molecule has 0 atom stereocenters. The van der Waals surface area contributed by atoms with Crippen molar-refractivity contribution in [1.29, 1.82) is 0 Å². The molecule has 26 heavy (non-hydrogen) atoms. The van der Waals surface area contributed by atoms with Gasteiger partial charge in [0.25, 0.3) is 0 Å². The molecule has 0 saturated carbocycles. The maximum absolute atomic E-state index is 5.93. The minimum atomic E-state index is 0.463. The van der Waals surface area contributed by atoms with Crippen LogP contribution in [-0.4, -0.2) is 28.2 Å². The van der Waals surface area contributed by atoms with E-state index >= 15 is 0 Å². The lowest BCUT2D eigenvalue weighted by Crippen LogP contribution is -2.00. The molecule has 1 N–H and O–H groups in total. The summed E-state index contributed by atoms with van der Waals surface area (Å²) in [6.07, 6.45) is 2.46. The van der Waals surface area contributed by atoms with E-state index in [1.165, 1.54) is 0 Å². The van der Waals surface area contributed by atoms with E-state index in [4.69, 9.17) is 21.7 Å². The van der Waals surface area contributed by atoms with Crippen LogP contribution in [0.3, 0.4) is 0 Å². The molecular weight excluding hydrogens is 348 g/mol. The van der Waals surface area contributed by atoms with Gasteiger partial charge in [0, 0.05) is 6.42 Å². The number of methoxy groups -OCH3 is 1. The van der Waals surface area contributed by atoms with Crippen molar-refractivity contribution in [2.75, 3.05) is 7.11 Å². The number of H-pyrrole nitrogens is 1. The highest BCUT2D eigenvalue weighted by atomic mass is 32.1. The van der Waals surface area contributed by atoms with Crippen molar-refractivity contribution in [2.24, 2.45) is 5.10 Å². The largest absolute Gasteiger partial charge is 0.493 e. The van der Waals surface area contributed by atoms with Crippen LogP contribution in [0.5, 0.6) is 11.5 Å². The van der Waals surface area contributed by atoms with Gasteiger partial charge >= 0.3 is 0 Å². The predicted octanol–water partition coefficient (Wildman–Crippen LogP) is 3.97. The van der Waals surface area contributed by atoms with Gasteiger partial charge in [0.1, 0.15) is 6.61 Å². The van der Waals surface area contributed by atoms with Gasteiger partial charge in [-0.15, -0.1) is 0 Å². The monoisotopic (exact) mass is 368 g/mol. The SMILES string of the molecule is CCc1n[nH]c(=S)n1/N=C/c1ccc(OC)c(OCc2ccccc2)c1. The molecule has 0 aliphatic rings. The molecule has 0 fully saturated rings. The highest BCUT2D eigenvalue weighted by Gasteiger charge is 2.06. The third kappa shape index (κ3) is 4.18. The number of benzene rings is 2. The second kappa shape index (κ2) is 8.44. The van der Waals surface area contributed by atoms with Crippen LogP contribution in [0.2, 0.25) is 0 Å². The van der Waals surface area contributed by atoms with E-state index in [-0.39, 0.29) is 0 Å². The Balaban J connectivity index is 1.81. The average molecular weight is 368 g/mol. The number of rotatable bonds is 7. The Morgan fingerprint density at radius 1 is 1.19 bits per heavy atom. The van der Waals surface area contributed by atoms with Crippen LogP contribution in [0.25, 0.3) is 0 Å². The first kappa shape index (κ1) is 17.9. The van der Waals surface area contributed by atoms with Gasteiger partial charge in [-0.25, -0.2) is 0 Å². The lowest BCUT2D eigenvalue weighted by molar-refractivity contribution is 0.284. The van der Waals surface area contributed by atoms with Gasteiger partial charge in [0.15, 0.2) is 17.3 Å². The topological polar surface area (TPSA) is 64.4 Å². The smallest absolute Gasteiger partial charge is 0.216 e. The molecule has 0 radical (unpaired) electrons. The van der Waals surface area contributed by atoms with Gasteiger partial charge in [0.05, 0.1) is 13.3 Å². The van der Waals surface area contributed by atoms with E-state index in [1.807, 2.05) is 55.5 Å². The molecule has 0 spiro atoms. The van der Waals surface area contributed by atoms with Crippen LogP contribution in [0.4, 0.5) is 0 Å². The van der Waals surface area contributed by atoms with Crippen molar-refractivity contribution in [3.8, 4) is 11.5 Å². The molecule has 134 valence electrons. The second-order valence-electron chi connectivity index (χ2n) is 5.54. The third-order valence-electron chi connectivity index (χ3n) is 3.78. The van der Waals surface area contributed by atoms with E-state index in [0.717, 1.165) is 23.4 Å². The summed E-state index contributed by atoms with van der Waals surface area (Å²) in [5.74, 6) is 2.11. The van der Waals surface area contributed by atoms with Crippen molar-refractivity contribution < 1.29 is 9.47 Å². The summed E-state index contributed by atoms with van der Waals surface area (Å²) in [6, 6.07) is 15.6. The predicted molar refractivity (Wildman–Crippen MR) is 104 cm³/mol. The molecule has 0 aliphatic carbocycles. The summed E-state index contributed by atoms with van der Waals surface area (Å²) in [5, 5.41) is 11.3. The summed E-state index contributed by atoms with van der Waals surface area (Å²) in [7, 11) is 1.62. The normalized spacial score (nSPS) is 11.0. The molecule has 3 rings (SSSR count). The van der Waals surface area contributed by atoms with Crippen molar-refractivity contribution in [3.63, 3.8) is 0 Å². The van der Waals surface area contributed by atoms with E-state index in [2.05, 4.69) is 15.3 Å². The fraction of sp³-hybridized carbons (Fsp3) is 0.211. The van der Waals surface area contributed by atoms with E-state index < -0.39 is 0 Å². The Morgan fingerprint density at radius 2 is 2.00 bits per heavy atom. The first-order valence-electron chi connectivity index (χ1n) is 8.26. The second-order valence-corrected chi connectivity index (χ2v) is 5.93. The zero-order valence-electron chi connectivity index (χ0n) is 14.7. The Hall–Kier alpha value is -2.93. The van der Waals surface area contributed by atoms with E-state index in [1.54, 1.807) is 18.0 Å². The minimum Gasteiger partial charge on any atom is -0.493 e. The zero-order valence-corrected chi connectivity index (χ0v) is 15.5. The van der Waals surface area contributed by atoms with Crippen LogP contribution < -0.4 is 9.47 Å². The fourth-order valence-corrected chi connectivity index (χ4v) is 2.62. The highest BCUT2D eigenvalue weighted by molar-refractivity contribution is 7.71. The van der Waals surface area contributed by atoms with Gasteiger partial charge in [-0.1, -0.05) is 37.3 Å². The number of nitrogens with zero attached hydrogens (tertiary/aromatic N) is 3. The van der Waals surface area contributed by atoms with Crippen molar-refractivity contribution in [3.05, 3.63) is 70.3 Å². The molecule has 0 aliphatic heterocycles. The van der Waals surface area contributed by atoms with Crippen LogP contribution in [0.15, 0.2) is 53.6 Å². The molecular formula is C19H20N4O2S. The van der Waals surface area contributed by atoms with Crippen molar-refractivity contribution in [2.45, 2.75) is 20.0 Å². The van der Waals surface area contributed by atoms with Crippen molar-refractivity contribution >= 4 is 18.4 Å². The van der Waals surface area contributed by atoms with Gasteiger partial charge in [-0.3, -0.25) is 5.10 Å². The zero-order chi connectivity index (χ0) is 18.4. The number of hydrogen-bond donors (Lipinski definition) is 1. The summed E-state index contributed by atoms with van der Waals surface area (Å²) in [5.41, 5.74) is 1.96. The van der Waals surface area contributed by atoms with Crippen LogP contribution in [0.1, 0.15) is 23.9 Å². The Kier molecular flexibility index (Phi) is 5.80. The maximum atomic E-state index is 5.93. The maximum Gasteiger partial charge on any atom is 0.216 e. The Morgan fingerprint density at radius 3 is 2.73 bits per heavy atom. The highest BCUT2D eigenvalue weighted by Crippen LogP contribution is 2.28. The molecule has 0 saturated heterocycles. The molecule has 3 aromatic rings. The Labute approximate surface area is 157 Å². The molecule has 6 nitrogen and oxygen atoms in total. The third-order valence-corrected chi connectivity index (χ3v) is 4.05. The summed E-state index contributed by atoms with van der Waals surface area (Å²) in [6.45, 7) is 2.46. The molecule has 0 bridgehead atoms. The standard InChI is InChI=1S/C19H20N4O2S/c1-3-18-21-22-19(26)23(18)20-12-15-9-10-16(24-2)17(11-15)25-13-14-7-5-4-6-8-14/h4-12H,3,13H2,1-2H3,(H,22,26)/b20-12+. The number of nitrogens with one attached hydrogen (secondary N) is 1. The molecule has 0 amide bonds. The van der Waals surface area contributed by atoms with Gasteiger partial charge < -0.3 is 9.47 Å². The molecule has 2 aromatic carbocycles. The fourth-order valence-electron chi connectivity index (χ4n) is 2.42. The lowest BCUT2D eigenvalue weighted by atomic mass is 10.2. The van der Waals surface area contributed by atoms with E-state index in [0.29, 0.717) is 22.9 Å². The molecule has 7 heteroatoms. The number of hydrogen-bond acceptors (Lipinski definition) is 5. The van der Waals surface area contributed by atoms with Gasteiger partial charge in [0.2, 0.25) is 4.77 Å². The van der Waals surface area contributed by atoms with E-state index in [9.17, 15) is 0 Å².